The average molecular weight is 275 g/mol. The van der Waals surface area contributed by atoms with Crippen molar-refractivity contribution in [3.05, 3.63) is 36.0 Å². The van der Waals surface area contributed by atoms with E-state index in [2.05, 4.69) is 10.2 Å². The monoisotopic (exact) mass is 275 g/mol. The Morgan fingerprint density at radius 1 is 1.26 bits per heavy atom. The Bertz CT molecular complexity index is 648. The fourth-order valence-corrected chi connectivity index (χ4v) is 1.79. The van der Waals surface area contributed by atoms with Crippen LogP contribution in [0, 0.1) is 0 Å². The van der Waals surface area contributed by atoms with Crippen molar-refractivity contribution in [2.45, 2.75) is 0 Å². The fraction of sp³-hybridized carbons (Fsp3) is 0.0833. The first-order valence-corrected chi connectivity index (χ1v) is 5.84. The third-order valence-corrected chi connectivity index (χ3v) is 2.73. The van der Waals surface area contributed by atoms with Gasteiger partial charge in [0, 0.05) is 6.07 Å². The molecular formula is C12H9N3O3S. The summed E-state index contributed by atoms with van der Waals surface area (Å²) < 4.78 is 16.1. The Hall–Kier alpha value is -2.41. The predicted molar refractivity (Wildman–Crippen MR) is 70.6 cm³/mol. The Labute approximate surface area is 114 Å². The van der Waals surface area contributed by atoms with Gasteiger partial charge in [0.25, 0.3) is 0 Å². The second-order valence-electron chi connectivity index (χ2n) is 3.73. The maximum atomic E-state index is 5.62. The number of fused-ring (bicyclic) bond motifs is 1. The van der Waals surface area contributed by atoms with Crippen molar-refractivity contribution in [2.75, 3.05) is 6.79 Å². The molecule has 0 spiro atoms. The van der Waals surface area contributed by atoms with Gasteiger partial charge in [-0.2, -0.15) is 5.10 Å². The van der Waals surface area contributed by atoms with E-state index >= 15 is 0 Å². The Morgan fingerprint density at radius 3 is 2.95 bits per heavy atom. The number of rotatable bonds is 3. The summed E-state index contributed by atoms with van der Waals surface area (Å²) >= 11 is 4.93. The summed E-state index contributed by atoms with van der Waals surface area (Å²) in [5, 5.41) is 7.63. The number of hydrogen-bond acceptors (Lipinski definition) is 6. The molecule has 0 aliphatic carbocycles. The molecule has 0 unspecified atom stereocenters. The maximum Gasteiger partial charge on any atom is 0.249 e. The van der Waals surface area contributed by atoms with Crippen molar-refractivity contribution in [3.8, 4) is 23.1 Å². The molecule has 1 aromatic carbocycles. The first-order chi connectivity index (χ1) is 9.24. The fourth-order valence-electron chi connectivity index (χ4n) is 1.63. The normalized spacial score (nSPS) is 12.2. The number of nitrogens with two attached hydrogens (primary N) is 1. The van der Waals surface area contributed by atoms with E-state index in [1.807, 2.05) is 0 Å². The van der Waals surface area contributed by atoms with Crippen LogP contribution in [0.1, 0.15) is 5.56 Å². The standard InChI is InChI=1S/C12H9N3O3S/c13-11(19)8-3-4-14-15-12(8)18-7-1-2-9-10(5-7)17-6-16-9/h1-5H,6H2,(H2,13,19). The molecular weight excluding hydrogens is 266 g/mol. The molecule has 2 N–H and O–H groups in total. The van der Waals surface area contributed by atoms with Crippen LogP contribution < -0.4 is 19.9 Å². The minimum absolute atomic E-state index is 0.200. The number of thiocarbonyl (C=S) groups is 1. The summed E-state index contributed by atoms with van der Waals surface area (Å²) in [5.74, 6) is 2.11. The first kappa shape index (κ1) is 11.7. The molecule has 0 radical (unpaired) electrons. The molecule has 2 aromatic rings. The summed E-state index contributed by atoms with van der Waals surface area (Å²) in [7, 11) is 0. The Morgan fingerprint density at radius 2 is 2.11 bits per heavy atom. The van der Waals surface area contributed by atoms with Crippen LogP contribution in [0.4, 0.5) is 0 Å². The molecule has 2 heterocycles. The molecule has 0 fully saturated rings. The summed E-state index contributed by atoms with van der Waals surface area (Å²) in [6.45, 7) is 0.210. The second-order valence-corrected chi connectivity index (χ2v) is 4.17. The summed E-state index contributed by atoms with van der Waals surface area (Å²) in [5.41, 5.74) is 6.13. The van der Waals surface area contributed by atoms with Crippen molar-refractivity contribution >= 4 is 17.2 Å². The molecule has 0 saturated heterocycles. The van der Waals surface area contributed by atoms with Gasteiger partial charge in [0.1, 0.15) is 10.7 Å². The zero-order chi connectivity index (χ0) is 13.2. The number of hydrogen-bond donors (Lipinski definition) is 1. The summed E-state index contributed by atoms with van der Waals surface area (Å²) in [6, 6.07) is 6.86. The van der Waals surface area contributed by atoms with Crippen molar-refractivity contribution in [3.63, 3.8) is 0 Å². The van der Waals surface area contributed by atoms with Gasteiger partial charge in [0.05, 0.1) is 11.8 Å². The van der Waals surface area contributed by atoms with Crippen LogP contribution in [0.25, 0.3) is 0 Å². The van der Waals surface area contributed by atoms with Crippen molar-refractivity contribution in [2.24, 2.45) is 5.73 Å². The van der Waals surface area contributed by atoms with Gasteiger partial charge in [-0.3, -0.25) is 0 Å². The molecule has 3 rings (SSSR count). The van der Waals surface area contributed by atoms with E-state index in [0.29, 0.717) is 22.8 Å². The molecule has 96 valence electrons. The van der Waals surface area contributed by atoms with Gasteiger partial charge in [-0.15, -0.1) is 5.10 Å². The van der Waals surface area contributed by atoms with Gasteiger partial charge in [-0.1, -0.05) is 12.2 Å². The van der Waals surface area contributed by atoms with E-state index in [1.54, 1.807) is 24.3 Å². The molecule has 7 heteroatoms. The summed E-state index contributed by atoms with van der Waals surface area (Å²) in [4.78, 5) is 0.200. The Kier molecular flexibility index (Phi) is 2.88. The molecule has 0 saturated carbocycles. The first-order valence-electron chi connectivity index (χ1n) is 5.43. The third-order valence-electron chi connectivity index (χ3n) is 2.51. The SMILES string of the molecule is NC(=S)c1ccnnc1Oc1ccc2c(c1)OCO2. The lowest BCUT2D eigenvalue weighted by Gasteiger charge is -2.08. The van der Waals surface area contributed by atoms with Gasteiger partial charge in [0.15, 0.2) is 11.5 Å². The van der Waals surface area contributed by atoms with E-state index in [0.717, 1.165) is 0 Å². The minimum atomic E-state index is 0.200. The minimum Gasteiger partial charge on any atom is -0.454 e. The summed E-state index contributed by atoms with van der Waals surface area (Å²) in [6.07, 6.45) is 1.50. The molecule has 19 heavy (non-hydrogen) atoms. The lowest BCUT2D eigenvalue weighted by atomic mass is 10.3. The number of aromatic nitrogens is 2. The maximum absolute atomic E-state index is 5.62. The van der Waals surface area contributed by atoms with Crippen LogP contribution in [-0.4, -0.2) is 22.0 Å². The third kappa shape index (κ3) is 2.27. The predicted octanol–water partition coefficient (Wildman–Crippen LogP) is 1.63. The zero-order valence-corrected chi connectivity index (χ0v) is 10.5. The van der Waals surface area contributed by atoms with Crippen LogP contribution in [0.15, 0.2) is 30.5 Å². The van der Waals surface area contributed by atoms with E-state index in [4.69, 9.17) is 32.2 Å². The van der Waals surface area contributed by atoms with Crippen molar-refractivity contribution < 1.29 is 14.2 Å². The van der Waals surface area contributed by atoms with Crippen LogP contribution in [-0.2, 0) is 0 Å². The second kappa shape index (κ2) is 4.69. The topological polar surface area (TPSA) is 79.5 Å². The van der Waals surface area contributed by atoms with Gasteiger partial charge in [-0.05, 0) is 18.2 Å². The zero-order valence-electron chi connectivity index (χ0n) is 9.70. The molecule has 0 bridgehead atoms. The highest BCUT2D eigenvalue weighted by Crippen LogP contribution is 2.36. The quantitative estimate of drug-likeness (QED) is 0.853. The largest absolute Gasteiger partial charge is 0.454 e. The van der Waals surface area contributed by atoms with E-state index < -0.39 is 0 Å². The van der Waals surface area contributed by atoms with Crippen molar-refractivity contribution in [1.82, 2.24) is 10.2 Å². The molecule has 1 aliphatic heterocycles. The van der Waals surface area contributed by atoms with E-state index in [9.17, 15) is 0 Å². The lowest BCUT2D eigenvalue weighted by Crippen LogP contribution is -2.12. The molecule has 1 aliphatic rings. The van der Waals surface area contributed by atoms with Gasteiger partial charge in [0.2, 0.25) is 12.7 Å². The smallest absolute Gasteiger partial charge is 0.249 e. The molecule has 1 aromatic heterocycles. The molecule has 0 atom stereocenters. The molecule has 0 amide bonds. The number of benzene rings is 1. The average Bonchev–Trinajstić information content (AvgIpc) is 2.86. The highest BCUT2D eigenvalue weighted by atomic mass is 32.1. The van der Waals surface area contributed by atoms with Gasteiger partial charge >= 0.3 is 0 Å². The number of nitrogens with zero attached hydrogens (tertiary/aromatic N) is 2. The number of ether oxygens (including phenoxy) is 3. The van der Waals surface area contributed by atoms with Gasteiger partial charge in [-0.25, -0.2) is 0 Å². The van der Waals surface area contributed by atoms with Crippen LogP contribution in [0.3, 0.4) is 0 Å². The van der Waals surface area contributed by atoms with Crippen LogP contribution in [0.5, 0.6) is 23.1 Å². The van der Waals surface area contributed by atoms with E-state index in [1.165, 1.54) is 6.20 Å². The Balaban J connectivity index is 1.91. The highest BCUT2D eigenvalue weighted by Gasteiger charge is 2.15. The lowest BCUT2D eigenvalue weighted by molar-refractivity contribution is 0.174. The van der Waals surface area contributed by atoms with E-state index in [-0.39, 0.29) is 17.7 Å². The highest BCUT2D eigenvalue weighted by molar-refractivity contribution is 7.80. The van der Waals surface area contributed by atoms with Crippen molar-refractivity contribution in [1.29, 1.82) is 0 Å². The van der Waals surface area contributed by atoms with Gasteiger partial charge < -0.3 is 19.9 Å². The van der Waals surface area contributed by atoms with Crippen LogP contribution >= 0.6 is 12.2 Å². The molecule has 6 nitrogen and oxygen atoms in total. The van der Waals surface area contributed by atoms with Crippen LogP contribution in [0.2, 0.25) is 0 Å².